The summed E-state index contributed by atoms with van der Waals surface area (Å²) in [5, 5.41) is 16.3. The number of aromatic nitrogens is 2. The molecule has 3 N–H and O–H groups in total. The quantitative estimate of drug-likeness (QED) is 0.541. The fourth-order valence-electron chi connectivity index (χ4n) is 2.40. The second kappa shape index (κ2) is 9.09. The van der Waals surface area contributed by atoms with Crippen molar-refractivity contribution in [2.45, 2.75) is 6.92 Å². The zero-order valence-corrected chi connectivity index (χ0v) is 16.7. The number of benzene rings is 2. The van der Waals surface area contributed by atoms with Gasteiger partial charge in [0.1, 0.15) is 5.82 Å². The predicted octanol–water partition coefficient (Wildman–Crippen LogP) is 3.85. The first kappa shape index (κ1) is 19.5. The van der Waals surface area contributed by atoms with Gasteiger partial charge in [0.25, 0.3) is 5.91 Å². The van der Waals surface area contributed by atoms with Crippen LogP contribution >= 0.6 is 15.9 Å². The van der Waals surface area contributed by atoms with Crippen LogP contribution in [-0.2, 0) is 4.79 Å². The van der Waals surface area contributed by atoms with Crippen LogP contribution in [0.2, 0.25) is 0 Å². The van der Waals surface area contributed by atoms with Crippen molar-refractivity contribution in [2.24, 2.45) is 0 Å². The number of carbonyl (C=O) groups is 2. The van der Waals surface area contributed by atoms with Gasteiger partial charge in [0.15, 0.2) is 5.69 Å². The molecule has 0 aliphatic carbocycles. The van der Waals surface area contributed by atoms with Crippen molar-refractivity contribution in [1.29, 1.82) is 0 Å². The summed E-state index contributed by atoms with van der Waals surface area (Å²) in [6.07, 6.45) is 0. The van der Waals surface area contributed by atoms with Gasteiger partial charge in [-0.25, -0.2) is 0 Å². The first-order valence-corrected chi connectivity index (χ1v) is 9.30. The summed E-state index contributed by atoms with van der Waals surface area (Å²) in [6, 6.07) is 17.9. The molecule has 28 heavy (non-hydrogen) atoms. The molecule has 2 aromatic carbocycles. The second-order valence-corrected chi connectivity index (χ2v) is 6.90. The Labute approximate surface area is 170 Å². The maximum Gasteiger partial charge on any atom is 0.276 e. The summed E-state index contributed by atoms with van der Waals surface area (Å²) in [6.45, 7) is 1.94. The van der Waals surface area contributed by atoms with E-state index in [9.17, 15) is 9.59 Å². The zero-order valence-electron chi connectivity index (χ0n) is 15.1. The molecule has 0 aliphatic heterocycles. The Morgan fingerprint density at radius 1 is 0.964 bits per heavy atom. The monoisotopic (exact) mass is 439 g/mol. The zero-order chi connectivity index (χ0) is 19.9. The SMILES string of the molecule is Cc1cc(Br)ccc1NC(=O)CNc1ccc(C(=O)Nc2ccccc2)nn1. The highest BCUT2D eigenvalue weighted by Gasteiger charge is 2.10. The highest BCUT2D eigenvalue weighted by atomic mass is 79.9. The largest absolute Gasteiger partial charge is 0.360 e. The third-order valence-corrected chi connectivity index (χ3v) is 4.31. The molecule has 0 radical (unpaired) electrons. The molecular formula is C20H18BrN5O2. The van der Waals surface area contributed by atoms with Gasteiger partial charge in [0, 0.05) is 15.8 Å². The minimum atomic E-state index is -0.353. The number of nitrogens with zero attached hydrogens (tertiary/aromatic N) is 2. The van der Waals surface area contributed by atoms with E-state index in [4.69, 9.17) is 0 Å². The molecule has 0 fully saturated rings. The van der Waals surface area contributed by atoms with E-state index in [-0.39, 0.29) is 24.1 Å². The van der Waals surface area contributed by atoms with Crippen molar-refractivity contribution in [3.05, 3.63) is 76.4 Å². The Morgan fingerprint density at radius 3 is 2.43 bits per heavy atom. The summed E-state index contributed by atoms with van der Waals surface area (Å²) >= 11 is 3.39. The molecule has 0 aliphatic rings. The van der Waals surface area contributed by atoms with Gasteiger partial charge in [-0.2, -0.15) is 0 Å². The Kier molecular flexibility index (Phi) is 6.33. The van der Waals surface area contributed by atoms with Crippen LogP contribution in [0, 0.1) is 6.92 Å². The van der Waals surface area contributed by atoms with E-state index in [1.807, 2.05) is 43.3 Å². The van der Waals surface area contributed by atoms with Crippen molar-refractivity contribution in [1.82, 2.24) is 10.2 Å². The minimum Gasteiger partial charge on any atom is -0.360 e. The molecular weight excluding hydrogens is 422 g/mol. The third kappa shape index (κ3) is 5.37. The lowest BCUT2D eigenvalue weighted by Gasteiger charge is -2.10. The highest BCUT2D eigenvalue weighted by molar-refractivity contribution is 9.10. The van der Waals surface area contributed by atoms with Crippen molar-refractivity contribution < 1.29 is 9.59 Å². The van der Waals surface area contributed by atoms with Gasteiger partial charge < -0.3 is 16.0 Å². The first-order chi connectivity index (χ1) is 13.5. The van der Waals surface area contributed by atoms with E-state index >= 15 is 0 Å². The lowest BCUT2D eigenvalue weighted by atomic mass is 10.2. The molecule has 1 aromatic heterocycles. The Balaban J connectivity index is 1.52. The smallest absolute Gasteiger partial charge is 0.276 e. The molecule has 0 saturated carbocycles. The maximum atomic E-state index is 12.1. The van der Waals surface area contributed by atoms with Crippen molar-refractivity contribution >= 4 is 44.9 Å². The lowest BCUT2D eigenvalue weighted by Crippen LogP contribution is -2.23. The Morgan fingerprint density at radius 2 is 1.75 bits per heavy atom. The molecule has 3 rings (SSSR count). The molecule has 0 saturated heterocycles. The van der Waals surface area contributed by atoms with Gasteiger partial charge in [-0.05, 0) is 55.0 Å². The minimum absolute atomic E-state index is 0.0275. The van der Waals surface area contributed by atoms with E-state index in [0.29, 0.717) is 11.5 Å². The number of hydrogen-bond acceptors (Lipinski definition) is 5. The van der Waals surface area contributed by atoms with Gasteiger partial charge in [0.2, 0.25) is 5.91 Å². The van der Waals surface area contributed by atoms with Crippen molar-refractivity contribution in [2.75, 3.05) is 22.5 Å². The summed E-state index contributed by atoms with van der Waals surface area (Å²) in [4.78, 5) is 24.3. The van der Waals surface area contributed by atoms with Crippen molar-refractivity contribution in [3.8, 4) is 0 Å². The number of anilines is 3. The summed E-state index contributed by atoms with van der Waals surface area (Å²) < 4.78 is 0.952. The summed E-state index contributed by atoms with van der Waals surface area (Å²) in [5.74, 6) is -0.161. The Bertz CT molecular complexity index is 978. The number of halogens is 1. The third-order valence-electron chi connectivity index (χ3n) is 3.82. The van der Waals surface area contributed by atoms with Crippen molar-refractivity contribution in [3.63, 3.8) is 0 Å². The van der Waals surface area contributed by atoms with Gasteiger partial charge in [0.05, 0.1) is 6.54 Å². The number of para-hydroxylation sites is 1. The lowest BCUT2D eigenvalue weighted by molar-refractivity contribution is -0.114. The number of aryl methyl sites for hydroxylation is 1. The van der Waals surface area contributed by atoms with Crippen LogP contribution in [0.4, 0.5) is 17.2 Å². The van der Waals surface area contributed by atoms with E-state index in [1.165, 1.54) is 0 Å². The predicted molar refractivity (Wildman–Crippen MR) is 112 cm³/mol. The molecule has 0 spiro atoms. The normalized spacial score (nSPS) is 10.2. The van der Waals surface area contributed by atoms with Gasteiger partial charge in [-0.1, -0.05) is 34.1 Å². The van der Waals surface area contributed by atoms with Crippen LogP contribution in [0.25, 0.3) is 0 Å². The molecule has 3 aromatic rings. The molecule has 7 nitrogen and oxygen atoms in total. The van der Waals surface area contributed by atoms with E-state index in [1.54, 1.807) is 24.3 Å². The fraction of sp³-hybridized carbons (Fsp3) is 0.100. The van der Waals surface area contributed by atoms with Gasteiger partial charge in [-0.3, -0.25) is 9.59 Å². The van der Waals surface area contributed by atoms with Crippen LogP contribution in [0.3, 0.4) is 0 Å². The first-order valence-electron chi connectivity index (χ1n) is 8.51. The highest BCUT2D eigenvalue weighted by Crippen LogP contribution is 2.19. The number of hydrogen-bond donors (Lipinski definition) is 3. The molecule has 0 atom stereocenters. The van der Waals surface area contributed by atoms with E-state index < -0.39 is 0 Å². The van der Waals surface area contributed by atoms with Crippen LogP contribution in [-0.4, -0.2) is 28.6 Å². The summed E-state index contributed by atoms with van der Waals surface area (Å²) in [7, 11) is 0. The number of nitrogens with one attached hydrogen (secondary N) is 3. The van der Waals surface area contributed by atoms with E-state index in [2.05, 4.69) is 42.1 Å². The van der Waals surface area contributed by atoms with Gasteiger partial charge >= 0.3 is 0 Å². The van der Waals surface area contributed by atoms with E-state index in [0.717, 1.165) is 15.7 Å². The standard InChI is InChI=1S/C20H18BrN5O2/c1-13-11-14(21)7-8-16(13)24-19(27)12-22-18-10-9-17(25-26-18)20(28)23-15-5-3-2-4-6-15/h2-11H,12H2,1H3,(H,22,26)(H,23,28)(H,24,27). The molecule has 0 bridgehead atoms. The molecule has 1 heterocycles. The molecule has 8 heteroatoms. The van der Waals surface area contributed by atoms with Crippen LogP contribution in [0.1, 0.15) is 16.1 Å². The van der Waals surface area contributed by atoms with Crippen LogP contribution in [0.15, 0.2) is 65.1 Å². The molecule has 2 amide bonds. The molecule has 0 unspecified atom stereocenters. The van der Waals surface area contributed by atoms with Crippen LogP contribution in [0.5, 0.6) is 0 Å². The average Bonchev–Trinajstić information content (AvgIpc) is 2.70. The number of carbonyl (C=O) groups excluding carboxylic acids is 2. The number of amides is 2. The number of rotatable bonds is 6. The topological polar surface area (TPSA) is 96.0 Å². The van der Waals surface area contributed by atoms with Crippen LogP contribution < -0.4 is 16.0 Å². The fourth-order valence-corrected chi connectivity index (χ4v) is 2.87. The Hall–Kier alpha value is -3.26. The molecule has 142 valence electrons. The maximum absolute atomic E-state index is 12.1. The average molecular weight is 440 g/mol. The van der Waals surface area contributed by atoms with Gasteiger partial charge in [-0.15, -0.1) is 10.2 Å². The second-order valence-electron chi connectivity index (χ2n) is 5.98. The summed E-state index contributed by atoms with van der Waals surface area (Å²) in [5.41, 5.74) is 2.56.